The Morgan fingerprint density at radius 3 is 2.57 bits per heavy atom. The van der Waals surface area contributed by atoms with Crippen LogP contribution >= 0.6 is 0 Å². The van der Waals surface area contributed by atoms with Crippen LogP contribution in [-0.2, 0) is 10.9 Å². The van der Waals surface area contributed by atoms with Crippen molar-refractivity contribution in [3.63, 3.8) is 0 Å². The smallest absolute Gasteiger partial charge is 0.392 e. The molecule has 0 aromatic heterocycles. The fourth-order valence-electron chi connectivity index (χ4n) is 2.38. The second kappa shape index (κ2) is 6.77. The highest BCUT2D eigenvalue weighted by molar-refractivity contribution is 5.26. The summed E-state index contributed by atoms with van der Waals surface area (Å²) >= 11 is 0. The SMILES string of the molecule is CC[C@@H](O)CN1CCO[C@@H](c2ccc(C(F)(F)F)cc2)C1. The largest absolute Gasteiger partial charge is 0.416 e. The number of benzene rings is 1. The summed E-state index contributed by atoms with van der Waals surface area (Å²) in [4.78, 5) is 2.08. The highest BCUT2D eigenvalue weighted by Gasteiger charge is 2.31. The number of aliphatic hydroxyl groups excluding tert-OH is 1. The molecule has 3 nitrogen and oxygen atoms in total. The summed E-state index contributed by atoms with van der Waals surface area (Å²) in [5.74, 6) is 0. The van der Waals surface area contributed by atoms with Gasteiger partial charge in [-0.25, -0.2) is 0 Å². The number of hydrogen-bond acceptors (Lipinski definition) is 3. The molecule has 1 N–H and O–H groups in total. The number of halogens is 3. The molecule has 0 spiro atoms. The topological polar surface area (TPSA) is 32.7 Å². The highest BCUT2D eigenvalue weighted by atomic mass is 19.4. The standard InChI is InChI=1S/C15H20F3NO2/c1-2-13(20)9-19-7-8-21-14(10-19)11-3-5-12(6-4-11)15(16,17)18/h3-6,13-14,20H,2,7-10H2,1H3/t13-,14-/m1/s1. The van der Waals surface area contributed by atoms with Gasteiger partial charge in [0.15, 0.2) is 0 Å². The van der Waals surface area contributed by atoms with E-state index in [1.807, 2.05) is 6.92 Å². The van der Waals surface area contributed by atoms with Crippen LogP contribution in [0.4, 0.5) is 13.2 Å². The number of morpholine rings is 1. The summed E-state index contributed by atoms with van der Waals surface area (Å²) in [7, 11) is 0. The lowest BCUT2D eigenvalue weighted by molar-refractivity contribution is -0.137. The Morgan fingerprint density at radius 1 is 1.33 bits per heavy atom. The van der Waals surface area contributed by atoms with Crippen molar-refractivity contribution in [2.45, 2.75) is 31.7 Å². The Kier molecular flexibility index (Phi) is 5.24. The molecule has 2 atom stereocenters. The fourth-order valence-corrected chi connectivity index (χ4v) is 2.38. The lowest BCUT2D eigenvalue weighted by atomic mass is 10.0. The summed E-state index contributed by atoms with van der Waals surface area (Å²) in [5.41, 5.74) is 0.0824. The van der Waals surface area contributed by atoms with Gasteiger partial charge in [0.1, 0.15) is 0 Å². The maximum atomic E-state index is 12.5. The molecule has 1 aliphatic heterocycles. The normalized spacial score (nSPS) is 22.2. The summed E-state index contributed by atoms with van der Waals surface area (Å²) < 4.78 is 43.2. The molecule has 1 aliphatic rings. The van der Waals surface area contributed by atoms with Crippen LogP contribution in [0.1, 0.15) is 30.6 Å². The van der Waals surface area contributed by atoms with Gasteiger partial charge in [0.25, 0.3) is 0 Å². The van der Waals surface area contributed by atoms with Crippen LogP contribution in [0.15, 0.2) is 24.3 Å². The number of hydrogen-bond donors (Lipinski definition) is 1. The molecule has 0 saturated carbocycles. The van der Waals surface area contributed by atoms with Crippen molar-refractivity contribution in [3.8, 4) is 0 Å². The van der Waals surface area contributed by atoms with Crippen molar-refractivity contribution in [3.05, 3.63) is 35.4 Å². The minimum absolute atomic E-state index is 0.245. The molecule has 0 aliphatic carbocycles. The van der Waals surface area contributed by atoms with Gasteiger partial charge in [-0.2, -0.15) is 13.2 Å². The summed E-state index contributed by atoms with van der Waals surface area (Å²) in [6.45, 7) is 4.31. The predicted octanol–water partition coefficient (Wildman–Crippen LogP) is 2.85. The first kappa shape index (κ1) is 16.3. The van der Waals surface area contributed by atoms with Gasteiger partial charge in [-0.3, -0.25) is 4.90 Å². The van der Waals surface area contributed by atoms with E-state index in [4.69, 9.17) is 4.74 Å². The highest BCUT2D eigenvalue weighted by Crippen LogP contribution is 2.31. The molecule has 2 rings (SSSR count). The Labute approximate surface area is 122 Å². The Bertz CT molecular complexity index is 447. The van der Waals surface area contributed by atoms with Gasteiger partial charge in [-0.05, 0) is 24.1 Å². The summed E-state index contributed by atoms with van der Waals surface area (Å²) in [6, 6.07) is 5.09. The number of alkyl halides is 3. The summed E-state index contributed by atoms with van der Waals surface area (Å²) in [5, 5.41) is 9.69. The molecule has 1 saturated heterocycles. The van der Waals surface area contributed by atoms with Gasteiger partial charge in [0.05, 0.1) is 24.4 Å². The van der Waals surface area contributed by atoms with Gasteiger partial charge in [-0.1, -0.05) is 19.1 Å². The maximum absolute atomic E-state index is 12.5. The minimum Gasteiger partial charge on any atom is -0.392 e. The molecule has 0 amide bonds. The molecular weight excluding hydrogens is 283 g/mol. The summed E-state index contributed by atoms with van der Waals surface area (Å²) in [6.07, 6.45) is -4.26. The number of nitrogens with zero attached hydrogens (tertiary/aromatic N) is 1. The lowest BCUT2D eigenvalue weighted by Gasteiger charge is -2.34. The van der Waals surface area contributed by atoms with Crippen LogP contribution < -0.4 is 0 Å². The van der Waals surface area contributed by atoms with E-state index in [-0.39, 0.29) is 12.2 Å². The van der Waals surface area contributed by atoms with E-state index in [0.717, 1.165) is 24.2 Å². The van der Waals surface area contributed by atoms with Crippen molar-refractivity contribution < 1.29 is 23.0 Å². The molecule has 118 valence electrons. The zero-order chi connectivity index (χ0) is 15.5. The molecule has 0 unspecified atom stereocenters. The number of aliphatic hydroxyl groups is 1. The maximum Gasteiger partial charge on any atom is 0.416 e. The lowest BCUT2D eigenvalue weighted by Crippen LogP contribution is -2.42. The molecule has 1 heterocycles. The van der Waals surface area contributed by atoms with Crippen LogP contribution in [0.5, 0.6) is 0 Å². The second-order valence-electron chi connectivity index (χ2n) is 5.30. The van der Waals surface area contributed by atoms with Crippen molar-refractivity contribution in [2.24, 2.45) is 0 Å². The molecule has 1 aromatic carbocycles. The van der Waals surface area contributed by atoms with E-state index in [2.05, 4.69) is 4.90 Å². The van der Waals surface area contributed by atoms with Gasteiger partial charge in [0.2, 0.25) is 0 Å². The first-order chi connectivity index (χ1) is 9.90. The predicted molar refractivity (Wildman–Crippen MR) is 72.9 cm³/mol. The fraction of sp³-hybridized carbons (Fsp3) is 0.600. The second-order valence-corrected chi connectivity index (χ2v) is 5.30. The molecule has 1 aromatic rings. The first-order valence-corrected chi connectivity index (χ1v) is 7.09. The number of β-amino-alcohol motifs (C(OH)–C–C–N with tert-alkyl or cyclic N) is 1. The van der Waals surface area contributed by atoms with E-state index in [1.54, 1.807) is 0 Å². The van der Waals surface area contributed by atoms with Crippen LogP contribution in [0.3, 0.4) is 0 Å². The third-order valence-electron chi connectivity index (χ3n) is 3.70. The number of ether oxygens (including phenoxy) is 1. The molecule has 0 bridgehead atoms. The first-order valence-electron chi connectivity index (χ1n) is 7.09. The van der Waals surface area contributed by atoms with Crippen molar-refractivity contribution >= 4 is 0 Å². The third-order valence-corrected chi connectivity index (χ3v) is 3.70. The van der Waals surface area contributed by atoms with E-state index < -0.39 is 11.7 Å². The van der Waals surface area contributed by atoms with Gasteiger partial charge in [-0.15, -0.1) is 0 Å². The molecule has 21 heavy (non-hydrogen) atoms. The average molecular weight is 303 g/mol. The Balaban J connectivity index is 2.01. The third kappa shape index (κ3) is 4.43. The van der Waals surface area contributed by atoms with Crippen molar-refractivity contribution in [1.29, 1.82) is 0 Å². The molecule has 6 heteroatoms. The average Bonchev–Trinajstić information content (AvgIpc) is 2.46. The van der Waals surface area contributed by atoms with Crippen LogP contribution in [0.2, 0.25) is 0 Å². The van der Waals surface area contributed by atoms with Crippen LogP contribution in [-0.4, -0.2) is 42.4 Å². The minimum atomic E-state index is -4.32. The van der Waals surface area contributed by atoms with Crippen LogP contribution in [0, 0.1) is 0 Å². The molecule has 1 fully saturated rings. The van der Waals surface area contributed by atoms with Gasteiger partial charge in [0, 0.05) is 19.6 Å². The quantitative estimate of drug-likeness (QED) is 0.928. The molecule has 0 radical (unpaired) electrons. The molecular formula is C15H20F3NO2. The monoisotopic (exact) mass is 303 g/mol. The van der Waals surface area contributed by atoms with E-state index in [1.165, 1.54) is 12.1 Å². The van der Waals surface area contributed by atoms with Crippen LogP contribution in [0.25, 0.3) is 0 Å². The Morgan fingerprint density at radius 2 is 2.00 bits per heavy atom. The zero-order valence-corrected chi connectivity index (χ0v) is 11.9. The van der Waals surface area contributed by atoms with Crippen molar-refractivity contribution in [1.82, 2.24) is 4.90 Å². The van der Waals surface area contributed by atoms with E-state index in [0.29, 0.717) is 26.1 Å². The number of rotatable bonds is 4. The van der Waals surface area contributed by atoms with E-state index >= 15 is 0 Å². The Hall–Kier alpha value is -1.11. The zero-order valence-electron chi connectivity index (χ0n) is 11.9. The van der Waals surface area contributed by atoms with Crippen molar-refractivity contribution in [2.75, 3.05) is 26.2 Å². The van der Waals surface area contributed by atoms with E-state index in [9.17, 15) is 18.3 Å². The van der Waals surface area contributed by atoms with Gasteiger partial charge >= 0.3 is 6.18 Å². The van der Waals surface area contributed by atoms with Gasteiger partial charge < -0.3 is 9.84 Å².